The fourth-order valence-electron chi connectivity index (χ4n) is 1.29. The highest BCUT2D eigenvalue weighted by Crippen LogP contribution is 2.16. The number of alkyl halides is 1. The van der Waals surface area contributed by atoms with Crippen LogP contribution in [0.3, 0.4) is 0 Å². The molecule has 1 aromatic carbocycles. The Morgan fingerprint density at radius 3 is 2.60 bits per heavy atom. The number of anilines is 1. The van der Waals surface area contributed by atoms with E-state index in [4.69, 9.17) is 16.9 Å². The Balaban J connectivity index is 3.03. The van der Waals surface area contributed by atoms with E-state index in [9.17, 15) is 4.79 Å². The molecule has 1 atom stereocenters. The Labute approximate surface area is 93.9 Å². The van der Waals surface area contributed by atoms with Crippen LogP contribution in [0.15, 0.2) is 30.3 Å². The molecule has 0 spiro atoms. The minimum absolute atomic E-state index is 0.124. The number of benzene rings is 1. The Morgan fingerprint density at radius 1 is 1.53 bits per heavy atom. The van der Waals surface area contributed by atoms with Crippen molar-refractivity contribution in [2.45, 2.75) is 13.0 Å². The van der Waals surface area contributed by atoms with Gasteiger partial charge in [0.25, 0.3) is 0 Å². The number of carbonyl (C=O) groups is 1. The lowest BCUT2D eigenvalue weighted by Gasteiger charge is -2.23. The summed E-state index contributed by atoms with van der Waals surface area (Å²) in [5.74, 6) is -0.391. The third-order valence-corrected chi connectivity index (χ3v) is 2.22. The Bertz CT molecular complexity index is 372. The molecule has 0 heterocycles. The summed E-state index contributed by atoms with van der Waals surface area (Å²) in [6.07, 6.45) is 0. The van der Waals surface area contributed by atoms with E-state index in [0.717, 1.165) is 0 Å². The van der Waals surface area contributed by atoms with Crippen molar-refractivity contribution >= 4 is 23.2 Å². The maximum absolute atomic E-state index is 11.6. The van der Waals surface area contributed by atoms with Crippen molar-refractivity contribution in [2.24, 2.45) is 0 Å². The van der Waals surface area contributed by atoms with Crippen molar-refractivity contribution < 1.29 is 4.79 Å². The molecule has 78 valence electrons. The number of halogens is 1. The van der Waals surface area contributed by atoms with Gasteiger partial charge in [-0.05, 0) is 19.1 Å². The maximum Gasteiger partial charge on any atom is 0.243 e. The fourth-order valence-corrected chi connectivity index (χ4v) is 1.42. The van der Waals surface area contributed by atoms with Crippen LogP contribution in [0.25, 0.3) is 0 Å². The molecule has 0 aliphatic heterocycles. The predicted octanol–water partition coefficient (Wildman–Crippen LogP) is 2.17. The maximum atomic E-state index is 11.6. The molecule has 0 saturated heterocycles. The average molecular weight is 223 g/mol. The van der Waals surface area contributed by atoms with Gasteiger partial charge in [-0.2, -0.15) is 5.26 Å². The van der Waals surface area contributed by atoms with E-state index < -0.39 is 6.04 Å². The second kappa shape index (κ2) is 5.38. The predicted molar refractivity (Wildman–Crippen MR) is 59.7 cm³/mol. The molecule has 0 N–H and O–H groups in total. The number of hydrogen-bond acceptors (Lipinski definition) is 2. The molecule has 0 bridgehead atoms. The topological polar surface area (TPSA) is 44.1 Å². The number of hydrogen-bond donors (Lipinski definition) is 0. The van der Waals surface area contributed by atoms with Gasteiger partial charge in [-0.25, -0.2) is 0 Å². The molecular weight excluding hydrogens is 212 g/mol. The number of rotatable bonds is 3. The fraction of sp³-hybridized carbons (Fsp3) is 0.273. The zero-order chi connectivity index (χ0) is 11.3. The Morgan fingerprint density at radius 2 is 2.13 bits per heavy atom. The first-order chi connectivity index (χ1) is 7.20. The summed E-state index contributed by atoms with van der Waals surface area (Å²) in [6, 6.07) is 10.5. The van der Waals surface area contributed by atoms with E-state index >= 15 is 0 Å². The van der Waals surface area contributed by atoms with Gasteiger partial charge in [0.05, 0.1) is 6.07 Å². The normalized spacial score (nSPS) is 11.5. The van der Waals surface area contributed by atoms with E-state index in [-0.39, 0.29) is 11.8 Å². The van der Waals surface area contributed by atoms with Crippen LogP contribution in [-0.2, 0) is 4.79 Å². The van der Waals surface area contributed by atoms with Crippen LogP contribution in [0.4, 0.5) is 5.69 Å². The Kier molecular flexibility index (Phi) is 4.14. The third kappa shape index (κ3) is 2.71. The third-order valence-electron chi connectivity index (χ3n) is 1.99. The number of amides is 1. The largest absolute Gasteiger partial charge is 0.295 e. The van der Waals surface area contributed by atoms with Gasteiger partial charge < -0.3 is 0 Å². The summed E-state index contributed by atoms with van der Waals surface area (Å²) in [7, 11) is 0. The van der Waals surface area contributed by atoms with Gasteiger partial charge in [0.15, 0.2) is 0 Å². The van der Waals surface area contributed by atoms with E-state index in [0.29, 0.717) is 5.69 Å². The second-order valence-electron chi connectivity index (χ2n) is 3.04. The molecule has 1 rings (SSSR count). The minimum Gasteiger partial charge on any atom is -0.295 e. The molecule has 1 aromatic rings. The quantitative estimate of drug-likeness (QED) is 0.736. The molecule has 0 fully saturated rings. The zero-order valence-corrected chi connectivity index (χ0v) is 9.11. The molecular formula is C11H11ClN2O. The molecule has 0 aliphatic carbocycles. The van der Waals surface area contributed by atoms with Crippen LogP contribution in [0.5, 0.6) is 0 Å². The van der Waals surface area contributed by atoms with Crippen molar-refractivity contribution in [2.75, 3.05) is 10.8 Å². The van der Waals surface area contributed by atoms with E-state index in [2.05, 4.69) is 0 Å². The number of carbonyl (C=O) groups excluding carboxylic acids is 1. The van der Waals surface area contributed by atoms with Gasteiger partial charge in [0.1, 0.15) is 11.9 Å². The summed E-state index contributed by atoms with van der Waals surface area (Å²) in [5, 5.41) is 8.82. The number of nitrogens with zero attached hydrogens (tertiary/aromatic N) is 2. The zero-order valence-electron chi connectivity index (χ0n) is 8.35. The molecule has 1 unspecified atom stereocenters. The summed E-state index contributed by atoms with van der Waals surface area (Å²) in [6.45, 7) is 1.66. The van der Waals surface area contributed by atoms with Gasteiger partial charge in [-0.1, -0.05) is 18.2 Å². The molecule has 4 heteroatoms. The molecule has 3 nitrogen and oxygen atoms in total. The number of nitriles is 1. The second-order valence-corrected chi connectivity index (χ2v) is 3.31. The first-order valence-corrected chi connectivity index (χ1v) is 5.07. The molecule has 0 radical (unpaired) electrons. The van der Waals surface area contributed by atoms with E-state index in [1.54, 1.807) is 19.1 Å². The highest BCUT2D eigenvalue weighted by molar-refractivity contribution is 6.29. The van der Waals surface area contributed by atoms with Crippen molar-refractivity contribution in [1.29, 1.82) is 5.26 Å². The summed E-state index contributed by atoms with van der Waals surface area (Å²) < 4.78 is 0. The monoisotopic (exact) mass is 222 g/mol. The molecule has 0 aliphatic rings. The van der Waals surface area contributed by atoms with Gasteiger partial charge in [0, 0.05) is 5.69 Å². The summed E-state index contributed by atoms with van der Waals surface area (Å²) in [5.41, 5.74) is 0.692. The lowest BCUT2D eigenvalue weighted by atomic mass is 10.2. The summed E-state index contributed by atoms with van der Waals surface area (Å²) in [4.78, 5) is 13.0. The highest BCUT2D eigenvalue weighted by Gasteiger charge is 2.20. The number of para-hydroxylation sites is 1. The van der Waals surface area contributed by atoms with Gasteiger partial charge in [0.2, 0.25) is 5.91 Å². The SMILES string of the molecule is CC(C#N)N(C(=O)CCl)c1ccccc1. The molecule has 0 saturated carbocycles. The highest BCUT2D eigenvalue weighted by atomic mass is 35.5. The van der Waals surface area contributed by atoms with Crippen molar-refractivity contribution in [3.63, 3.8) is 0 Å². The van der Waals surface area contributed by atoms with E-state index in [1.807, 2.05) is 24.3 Å². The van der Waals surface area contributed by atoms with Crippen LogP contribution in [0.1, 0.15) is 6.92 Å². The molecule has 15 heavy (non-hydrogen) atoms. The van der Waals surface area contributed by atoms with Gasteiger partial charge >= 0.3 is 0 Å². The Hall–Kier alpha value is -1.53. The van der Waals surface area contributed by atoms with Crippen LogP contribution < -0.4 is 4.90 Å². The van der Waals surface area contributed by atoms with E-state index in [1.165, 1.54) is 4.90 Å². The van der Waals surface area contributed by atoms with Crippen molar-refractivity contribution in [3.05, 3.63) is 30.3 Å². The first kappa shape index (κ1) is 11.5. The standard InChI is InChI=1S/C11H11ClN2O/c1-9(8-13)14(11(15)7-12)10-5-3-2-4-6-10/h2-6,9H,7H2,1H3. The van der Waals surface area contributed by atoms with Crippen molar-refractivity contribution in [3.8, 4) is 6.07 Å². The summed E-state index contributed by atoms with van der Waals surface area (Å²) >= 11 is 5.50. The van der Waals surface area contributed by atoms with Crippen LogP contribution in [0, 0.1) is 11.3 Å². The molecule has 1 amide bonds. The lowest BCUT2D eigenvalue weighted by molar-refractivity contribution is -0.116. The molecule has 0 aromatic heterocycles. The van der Waals surface area contributed by atoms with Crippen LogP contribution in [-0.4, -0.2) is 17.8 Å². The first-order valence-electron chi connectivity index (χ1n) is 4.53. The van der Waals surface area contributed by atoms with Crippen LogP contribution >= 0.6 is 11.6 Å². The average Bonchev–Trinajstić information content (AvgIpc) is 2.30. The van der Waals surface area contributed by atoms with Crippen molar-refractivity contribution in [1.82, 2.24) is 0 Å². The minimum atomic E-state index is -0.515. The lowest BCUT2D eigenvalue weighted by Crippen LogP contribution is -2.38. The van der Waals surface area contributed by atoms with Crippen LogP contribution in [0.2, 0.25) is 0 Å². The van der Waals surface area contributed by atoms with Gasteiger partial charge in [-0.15, -0.1) is 11.6 Å². The smallest absolute Gasteiger partial charge is 0.243 e. The van der Waals surface area contributed by atoms with Gasteiger partial charge in [-0.3, -0.25) is 9.69 Å².